The Bertz CT molecular complexity index is 358. The van der Waals surface area contributed by atoms with E-state index in [0.29, 0.717) is 12.1 Å². The van der Waals surface area contributed by atoms with Crippen LogP contribution in [0, 0.1) is 0 Å². The molecular weight excluding hydrogens is 188 g/mol. The molecule has 0 amide bonds. The van der Waals surface area contributed by atoms with Gasteiger partial charge in [0.15, 0.2) is 5.78 Å². The molecule has 0 saturated heterocycles. The van der Waals surface area contributed by atoms with Gasteiger partial charge >= 0.3 is 0 Å². The van der Waals surface area contributed by atoms with Gasteiger partial charge in [-0.1, -0.05) is 12.1 Å². The number of nitrogens with two attached hydrogens (primary N) is 1. The summed E-state index contributed by atoms with van der Waals surface area (Å²) in [5, 5.41) is 3.29. The number of hydrogen-bond donors (Lipinski definition) is 2. The van der Waals surface area contributed by atoms with E-state index in [9.17, 15) is 4.79 Å². The molecule has 0 spiro atoms. The predicted octanol–water partition coefficient (Wildman–Crippen LogP) is 2.04. The second kappa shape index (κ2) is 4.45. The first kappa shape index (κ1) is 11.7. The van der Waals surface area contributed by atoms with Crippen LogP contribution in [0.15, 0.2) is 24.3 Å². The molecule has 0 bridgehead atoms. The molecule has 0 heterocycles. The van der Waals surface area contributed by atoms with E-state index in [2.05, 4.69) is 5.32 Å². The highest BCUT2D eigenvalue weighted by Gasteiger charge is 2.14. The predicted molar refractivity (Wildman–Crippen MR) is 63.2 cm³/mol. The fourth-order valence-corrected chi connectivity index (χ4v) is 1.26. The summed E-state index contributed by atoms with van der Waals surface area (Å²) < 4.78 is 0. The zero-order valence-corrected chi connectivity index (χ0v) is 9.50. The van der Waals surface area contributed by atoms with E-state index in [0.717, 1.165) is 5.69 Å². The van der Waals surface area contributed by atoms with Crippen molar-refractivity contribution in [3.8, 4) is 0 Å². The summed E-state index contributed by atoms with van der Waals surface area (Å²) in [6.45, 7) is 6.14. The van der Waals surface area contributed by atoms with Crippen LogP contribution in [0.3, 0.4) is 0 Å². The van der Waals surface area contributed by atoms with E-state index in [-0.39, 0.29) is 11.3 Å². The number of Topliss-reactive ketones (excluding diaryl/α,β-unsaturated/α-hetero) is 1. The van der Waals surface area contributed by atoms with Gasteiger partial charge in [0.2, 0.25) is 0 Å². The van der Waals surface area contributed by atoms with Crippen LogP contribution in [0.1, 0.15) is 31.1 Å². The third kappa shape index (κ3) is 3.36. The SMILES string of the molecule is CC(=O)c1cccc(NC(C)(C)CN)c1. The van der Waals surface area contributed by atoms with Gasteiger partial charge in [0.25, 0.3) is 0 Å². The molecular formula is C12H18N2O. The van der Waals surface area contributed by atoms with E-state index in [1.807, 2.05) is 38.1 Å². The van der Waals surface area contributed by atoms with E-state index in [1.165, 1.54) is 0 Å². The monoisotopic (exact) mass is 206 g/mol. The number of ketones is 1. The Balaban J connectivity index is 2.87. The van der Waals surface area contributed by atoms with Gasteiger partial charge in [-0.15, -0.1) is 0 Å². The normalized spacial score (nSPS) is 11.2. The topological polar surface area (TPSA) is 55.1 Å². The number of nitrogens with one attached hydrogen (secondary N) is 1. The maximum absolute atomic E-state index is 11.2. The van der Waals surface area contributed by atoms with Gasteiger partial charge in [-0.25, -0.2) is 0 Å². The molecule has 0 aliphatic heterocycles. The molecule has 0 aliphatic rings. The molecule has 1 rings (SSSR count). The summed E-state index contributed by atoms with van der Waals surface area (Å²) >= 11 is 0. The Morgan fingerprint density at radius 3 is 2.67 bits per heavy atom. The van der Waals surface area contributed by atoms with Crippen molar-refractivity contribution in [2.45, 2.75) is 26.3 Å². The Morgan fingerprint density at radius 1 is 1.47 bits per heavy atom. The van der Waals surface area contributed by atoms with E-state index < -0.39 is 0 Å². The third-order valence-electron chi connectivity index (χ3n) is 2.26. The van der Waals surface area contributed by atoms with Crippen LogP contribution in [0.4, 0.5) is 5.69 Å². The largest absolute Gasteiger partial charge is 0.379 e. The van der Waals surface area contributed by atoms with Crippen molar-refractivity contribution >= 4 is 11.5 Å². The minimum Gasteiger partial charge on any atom is -0.379 e. The molecule has 3 nitrogen and oxygen atoms in total. The number of benzene rings is 1. The van der Waals surface area contributed by atoms with Crippen LogP contribution < -0.4 is 11.1 Å². The number of hydrogen-bond acceptors (Lipinski definition) is 3. The lowest BCUT2D eigenvalue weighted by molar-refractivity contribution is 0.101. The fourth-order valence-electron chi connectivity index (χ4n) is 1.26. The molecule has 15 heavy (non-hydrogen) atoms. The highest BCUT2D eigenvalue weighted by Crippen LogP contribution is 2.16. The first-order valence-electron chi connectivity index (χ1n) is 5.04. The molecule has 0 radical (unpaired) electrons. The number of rotatable bonds is 4. The van der Waals surface area contributed by atoms with Crippen molar-refractivity contribution < 1.29 is 4.79 Å². The second-order valence-electron chi connectivity index (χ2n) is 4.35. The Labute approximate surface area is 90.7 Å². The second-order valence-corrected chi connectivity index (χ2v) is 4.35. The minimum absolute atomic E-state index is 0.0733. The number of carbonyl (C=O) groups excluding carboxylic acids is 1. The minimum atomic E-state index is -0.157. The summed E-state index contributed by atoms with van der Waals surface area (Å²) in [5.74, 6) is 0.0733. The van der Waals surface area contributed by atoms with Crippen molar-refractivity contribution in [2.75, 3.05) is 11.9 Å². The van der Waals surface area contributed by atoms with E-state index >= 15 is 0 Å². The average Bonchev–Trinajstić information content (AvgIpc) is 2.17. The van der Waals surface area contributed by atoms with Crippen LogP contribution >= 0.6 is 0 Å². The smallest absolute Gasteiger partial charge is 0.159 e. The van der Waals surface area contributed by atoms with Crippen LogP contribution in [0.2, 0.25) is 0 Å². The van der Waals surface area contributed by atoms with Gasteiger partial charge in [-0.2, -0.15) is 0 Å². The van der Waals surface area contributed by atoms with Gasteiger partial charge in [0.1, 0.15) is 0 Å². The molecule has 3 heteroatoms. The average molecular weight is 206 g/mol. The van der Waals surface area contributed by atoms with Gasteiger partial charge in [-0.3, -0.25) is 4.79 Å². The van der Waals surface area contributed by atoms with Crippen molar-refractivity contribution in [2.24, 2.45) is 5.73 Å². The summed E-state index contributed by atoms with van der Waals surface area (Å²) in [6, 6.07) is 7.46. The Hall–Kier alpha value is -1.35. The van der Waals surface area contributed by atoms with Gasteiger partial charge in [0.05, 0.1) is 0 Å². The van der Waals surface area contributed by atoms with Crippen molar-refractivity contribution in [3.63, 3.8) is 0 Å². The fraction of sp³-hybridized carbons (Fsp3) is 0.417. The maximum Gasteiger partial charge on any atom is 0.159 e. The number of carbonyl (C=O) groups is 1. The Kier molecular flexibility index (Phi) is 3.48. The summed E-state index contributed by atoms with van der Waals surface area (Å²) in [6.07, 6.45) is 0. The summed E-state index contributed by atoms with van der Waals surface area (Å²) in [5.41, 5.74) is 7.11. The molecule has 0 aliphatic carbocycles. The van der Waals surface area contributed by atoms with Gasteiger partial charge < -0.3 is 11.1 Å². The first-order chi connectivity index (χ1) is 6.94. The van der Waals surface area contributed by atoms with Crippen LogP contribution in [-0.2, 0) is 0 Å². The lowest BCUT2D eigenvalue weighted by Crippen LogP contribution is -2.39. The number of anilines is 1. The zero-order chi connectivity index (χ0) is 11.5. The van der Waals surface area contributed by atoms with Crippen molar-refractivity contribution in [3.05, 3.63) is 29.8 Å². The highest BCUT2D eigenvalue weighted by atomic mass is 16.1. The third-order valence-corrected chi connectivity index (χ3v) is 2.26. The summed E-state index contributed by atoms with van der Waals surface area (Å²) in [4.78, 5) is 11.2. The zero-order valence-electron chi connectivity index (χ0n) is 9.50. The van der Waals surface area contributed by atoms with E-state index in [1.54, 1.807) is 6.92 Å². The quantitative estimate of drug-likeness (QED) is 0.741. The molecule has 1 aromatic rings. The molecule has 3 N–H and O–H groups in total. The lowest BCUT2D eigenvalue weighted by Gasteiger charge is -2.25. The molecule has 0 unspecified atom stereocenters. The molecule has 82 valence electrons. The molecule has 0 aromatic heterocycles. The van der Waals surface area contributed by atoms with Crippen LogP contribution in [0.25, 0.3) is 0 Å². The van der Waals surface area contributed by atoms with E-state index in [4.69, 9.17) is 5.73 Å². The van der Waals surface area contributed by atoms with Crippen LogP contribution in [-0.4, -0.2) is 17.9 Å². The van der Waals surface area contributed by atoms with Crippen LogP contribution in [0.5, 0.6) is 0 Å². The van der Waals surface area contributed by atoms with Gasteiger partial charge in [0, 0.05) is 23.3 Å². The summed E-state index contributed by atoms with van der Waals surface area (Å²) in [7, 11) is 0. The highest BCUT2D eigenvalue weighted by molar-refractivity contribution is 5.94. The molecule has 0 saturated carbocycles. The molecule has 0 fully saturated rings. The molecule has 1 aromatic carbocycles. The van der Waals surface area contributed by atoms with Gasteiger partial charge in [-0.05, 0) is 32.9 Å². The lowest BCUT2D eigenvalue weighted by atomic mass is 10.0. The van der Waals surface area contributed by atoms with Crippen molar-refractivity contribution in [1.82, 2.24) is 0 Å². The maximum atomic E-state index is 11.2. The standard InChI is InChI=1S/C12H18N2O/c1-9(15)10-5-4-6-11(7-10)14-12(2,3)8-13/h4-7,14H,8,13H2,1-3H3. The molecule has 0 atom stereocenters. The first-order valence-corrected chi connectivity index (χ1v) is 5.04. The van der Waals surface area contributed by atoms with Crippen molar-refractivity contribution in [1.29, 1.82) is 0 Å². The Morgan fingerprint density at radius 2 is 2.13 bits per heavy atom.